The molecule has 0 fully saturated rings. The fraction of sp³-hybridized carbons (Fsp3) is 0.250. The topological polar surface area (TPSA) is 72.5 Å². The second-order valence-electron chi connectivity index (χ2n) is 5.95. The van der Waals surface area contributed by atoms with Crippen molar-refractivity contribution in [2.75, 3.05) is 6.61 Å². The second kappa shape index (κ2) is 8.24. The van der Waals surface area contributed by atoms with Crippen molar-refractivity contribution < 1.29 is 19.1 Å². The standard InChI is InChI=1S/C20H21NO4/c1-13-4-7-18(10-14(13)2)15(3)21-19(23)12-25-20(24)17-8-5-16(11-22)6-9-17/h4-11,15H,12H2,1-3H3,(H,21,23). The molecule has 0 saturated heterocycles. The third kappa shape index (κ3) is 5.01. The van der Waals surface area contributed by atoms with Gasteiger partial charge in [-0.25, -0.2) is 4.79 Å². The summed E-state index contributed by atoms with van der Waals surface area (Å²) in [7, 11) is 0. The summed E-state index contributed by atoms with van der Waals surface area (Å²) < 4.78 is 5.00. The third-order valence-electron chi connectivity index (χ3n) is 4.03. The summed E-state index contributed by atoms with van der Waals surface area (Å²) in [5.74, 6) is -0.977. The number of carbonyl (C=O) groups is 3. The molecule has 2 rings (SSSR count). The number of ether oxygens (including phenoxy) is 1. The van der Waals surface area contributed by atoms with Crippen LogP contribution in [0.15, 0.2) is 42.5 Å². The zero-order chi connectivity index (χ0) is 18.4. The van der Waals surface area contributed by atoms with Crippen LogP contribution < -0.4 is 5.32 Å². The van der Waals surface area contributed by atoms with Gasteiger partial charge in [-0.3, -0.25) is 9.59 Å². The van der Waals surface area contributed by atoms with Gasteiger partial charge in [-0.2, -0.15) is 0 Å². The first-order chi connectivity index (χ1) is 11.9. The lowest BCUT2D eigenvalue weighted by Gasteiger charge is -2.15. The summed E-state index contributed by atoms with van der Waals surface area (Å²) in [4.78, 5) is 34.5. The Hall–Kier alpha value is -2.95. The van der Waals surface area contributed by atoms with E-state index >= 15 is 0 Å². The average molecular weight is 339 g/mol. The molecule has 5 nitrogen and oxygen atoms in total. The van der Waals surface area contributed by atoms with E-state index in [1.165, 1.54) is 29.8 Å². The zero-order valence-electron chi connectivity index (χ0n) is 14.5. The number of esters is 1. The molecule has 0 heterocycles. The van der Waals surface area contributed by atoms with Crippen LogP contribution in [0.4, 0.5) is 0 Å². The molecule has 1 N–H and O–H groups in total. The molecule has 1 amide bonds. The molecule has 1 unspecified atom stereocenters. The maximum Gasteiger partial charge on any atom is 0.338 e. The number of hydrogen-bond donors (Lipinski definition) is 1. The molecule has 0 aromatic heterocycles. The van der Waals surface area contributed by atoms with E-state index < -0.39 is 5.97 Å². The van der Waals surface area contributed by atoms with Crippen molar-refractivity contribution in [3.8, 4) is 0 Å². The van der Waals surface area contributed by atoms with E-state index in [0.29, 0.717) is 17.4 Å². The second-order valence-corrected chi connectivity index (χ2v) is 5.95. The van der Waals surface area contributed by atoms with Crippen molar-refractivity contribution >= 4 is 18.2 Å². The fourth-order valence-corrected chi connectivity index (χ4v) is 2.31. The quantitative estimate of drug-likeness (QED) is 0.648. The van der Waals surface area contributed by atoms with Gasteiger partial charge in [-0.05, 0) is 49.6 Å². The molecular formula is C20H21NO4. The van der Waals surface area contributed by atoms with Crippen LogP contribution in [0.2, 0.25) is 0 Å². The van der Waals surface area contributed by atoms with Crippen LogP contribution in [-0.2, 0) is 9.53 Å². The summed E-state index contributed by atoms with van der Waals surface area (Å²) in [5, 5.41) is 2.81. The number of amides is 1. The molecule has 5 heteroatoms. The van der Waals surface area contributed by atoms with Gasteiger partial charge in [0.2, 0.25) is 0 Å². The number of nitrogens with one attached hydrogen (secondary N) is 1. The van der Waals surface area contributed by atoms with E-state index in [9.17, 15) is 14.4 Å². The lowest BCUT2D eigenvalue weighted by Crippen LogP contribution is -2.31. The minimum absolute atomic E-state index is 0.183. The first-order valence-corrected chi connectivity index (χ1v) is 7.99. The van der Waals surface area contributed by atoms with Gasteiger partial charge in [0.15, 0.2) is 6.61 Å². The Morgan fingerprint density at radius 3 is 2.36 bits per heavy atom. The number of benzene rings is 2. The summed E-state index contributed by atoms with van der Waals surface area (Å²) in [6.45, 7) is 5.57. The molecule has 0 saturated carbocycles. The maximum atomic E-state index is 12.0. The predicted octanol–water partition coefficient (Wildman–Crippen LogP) is 3.15. The van der Waals surface area contributed by atoms with Crippen molar-refractivity contribution in [1.82, 2.24) is 5.32 Å². The Balaban J connectivity index is 1.87. The molecule has 0 aliphatic rings. The van der Waals surface area contributed by atoms with Crippen LogP contribution in [0.1, 0.15) is 50.4 Å². The summed E-state index contributed by atoms with van der Waals surface area (Å²) >= 11 is 0. The lowest BCUT2D eigenvalue weighted by atomic mass is 10.0. The number of aryl methyl sites for hydroxylation is 2. The van der Waals surface area contributed by atoms with Crippen LogP contribution in [-0.4, -0.2) is 24.8 Å². The van der Waals surface area contributed by atoms with E-state index in [0.717, 1.165) is 11.1 Å². The molecule has 0 radical (unpaired) electrons. The van der Waals surface area contributed by atoms with Crippen molar-refractivity contribution in [3.05, 3.63) is 70.3 Å². The number of carbonyl (C=O) groups excluding carboxylic acids is 3. The van der Waals surface area contributed by atoms with Crippen molar-refractivity contribution in [3.63, 3.8) is 0 Å². The Morgan fingerprint density at radius 1 is 1.08 bits per heavy atom. The Labute approximate surface area is 147 Å². The van der Waals surface area contributed by atoms with Gasteiger partial charge in [0.25, 0.3) is 5.91 Å². The highest BCUT2D eigenvalue weighted by Crippen LogP contribution is 2.16. The number of rotatable bonds is 6. The van der Waals surface area contributed by atoms with Crippen LogP contribution in [0.3, 0.4) is 0 Å². The van der Waals surface area contributed by atoms with Gasteiger partial charge in [-0.15, -0.1) is 0 Å². The number of hydrogen-bond acceptors (Lipinski definition) is 4. The van der Waals surface area contributed by atoms with Crippen LogP contribution in [0.5, 0.6) is 0 Å². The third-order valence-corrected chi connectivity index (χ3v) is 4.03. The predicted molar refractivity (Wildman–Crippen MR) is 94.6 cm³/mol. The van der Waals surface area contributed by atoms with Gasteiger partial charge in [0, 0.05) is 5.56 Å². The number of aldehydes is 1. The highest BCUT2D eigenvalue weighted by molar-refractivity contribution is 5.92. The lowest BCUT2D eigenvalue weighted by molar-refractivity contribution is -0.124. The minimum atomic E-state index is -0.605. The molecule has 2 aromatic rings. The maximum absolute atomic E-state index is 12.0. The van der Waals surface area contributed by atoms with Gasteiger partial charge >= 0.3 is 5.97 Å². The van der Waals surface area contributed by atoms with E-state index in [2.05, 4.69) is 5.32 Å². The van der Waals surface area contributed by atoms with E-state index in [1.54, 1.807) is 0 Å². The van der Waals surface area contributed by atoms with Gasteiger partial charge in [-0.1, -0.05) is 30.3 Å². The van der Waals surface area contributed by atoms with Crippen LogP contribution >= 0.6 is 0 Å². The van der Waals surface area contributed by atoms with Crippen molar-refractivity contribution in [1.29, 1.82) is 0 Å². The molecule has 130 valence electrons. The van der Waals surface area contributed by atoms with Crippen molar-refractivity contribution in [2.24, 2.45) is 0 Å². The first kappa shape index (κ1) is 18.4. The molecule has 0 aliphatic heterocycles. The molecule has 0 spiro atoms. The molecule has 2 aromatic carbocycles. The van der Waals surface area contributed by atoms with Gasteiger partial charge < -0.3 is 10.1 Å². The monoisotopic (exact) mass is 339 g/mol. The van der Waals surface area contributed by atoms with E-state index in [4.69, 9.17) is 4.74 Å². The van der Waals surface area contributed by atoms with Gasteiger partial charge in [0.05, 0.1) is 11.6 Å². The fourth-order valence-electron chi connectivity index (χ4n) is 2.31. The average Bonchev–Trinajstić information content (AvgIpc) is 2.62. The summed E-state index contributed by atoms with van der Waals surface area (Å²) in [5.41, 5.74) is 4.10. The van der Waals surface area contributed by atoms with Crippen LogP contribution in [0, 0.1) is 13.8 Å². The molecule has 0 aliphatic carbocycles. The molecule has 1 atom stereocenters. The summed E-state index contributed by atoms with van der Waals surface area (Å²) in [6.07, 6.45) is 0.691. The Kier molecular flexibility index (Phi) is 6.06. The smallest absolute Gasteiger partial charge is 0.338 e. The van der Waals surface area contributed by atoms with E-state index in [-0.39, 0.29) is 18.6 Å². The highest BCUT2D eigenvalue weighted by Gasteiger charge is 2.13. The Morgan fingerprint density at radius 2 is 1.76 bits per heavy atom. The molecule has 25 heavy (non-hydrogen) atoms. The molecule has 0 bridgehead atoms. The SMILES string of the molecule is Cc1ccc(C(C)NC(=O)COC(=O)c2ccc(C=O)cc2)cc1C. The minimum Gasteiger partial charge on any atom is -0.452 e. The zero-order valence-corrected chi connectivity index (χ0v) is 14.5. The first-order valence-electron chi connectivity index (χ1n) is 7.99. The normalized spacial score (nSPS) is 11.5. The van der Waals surface area contributed by atoms with E-state index in [1.807, 2.05) is 39.0 Å². The largest absolute Gasteiger partial charge is 0.452 e. The van der Waals surface area contributed by atoms with Crippen molar-refractivity contribution in [2.45, 2.75) is 26.8 Å². The highest BCUT2D eigenvalue weighted by atomic mass is 16.5. The Bertz CT molecular complexity index is 781. The molecular weight excluding hydrogens is 318 g/mol. The summed E-state index contributed by atoms with van der Waals surface area (Å²) in [6, 6.07) is 11.8. The van der Waals surface area contributed by atoms with Gasteiger partial charge in [0.1, 0.15) is 6.29 Å². The van der Waals surface area contributed by atoms with Crippen LogP contribution in [0.25, 0.3) is 0 Å².